The molecule has 0 spiro atoms. The van der Waals surface area contributed by atoms with Crippen LogP contribution < -0.4 is 5.73 Å². The molecule has 2 N–H and O–H groups in total. The number of hydrogen-bond donors (Lipinski definition) is 1. The van der Waals surface area contributed by atoms with Gasteiger partial charge in [-0.25, -0.2) is 0 Å². The van der Waals surface area contributed by atoms with Gasteiger partial charge in [-0.15, -0.1) is 0 Å². The number of nitrogens with zero attached hydrogens (tertiary/aromatic N) is 3. The molecule has 2 aliphatic rings. The lowest BCUT2D eigenvalue weighted by molar-refractivity contribution is -0.142. The van der Waals surface area contributed by atoms with Gasteiger partial charge in [0.2, 0.25) is 11.8 Å². The number of carbonyl (C=O) groups is 2. The highest BCUT2D eigenvalue weighted by atomic mass is 35.5. The standard InChI is InChI=1S/C19H26Cl2N4O2/c20-16-4-3-14(9-17(16)21)10-18(26)25-8-7-24(19(27)11-22)13-15(25)12-23-5-1-2-6-23/h3-4,9,15H,1-2,5-8,10-13,22H2/t15-/m1/s1. The summed E-state index contributed by atoms with van der Waals surface area (Å²) in [6, 6.07) is 5.27. The van der Waals surface area contributed by atoms with Crippen LogP contribution in [0.5, 0.6) is 0 Å². The van der Waals surface area contributed by atoms with Crippen LogP contribution in [0, 0.1) is 0 Å². The third-order valence-electron chi connectivity index (χ3n) is 5.34. The zero-order valence-electron chi connectivity index (χ0n) is 15.4. The number of hydrogen-bond acceptors (Lipinski definition) is 4. The van der Waals surface area contributed by atoms with Crippen molar-refractivity contribution >= 4 is 35.0 Å². The van der Waals surface area contributed by atoms with Gasteiger partial charge < -0.3 is 20.4 Å². The maximum Gasteiger partial charge on any atom is 0.236 e. The van der Waals surface area contributed by atoms with Gasteiger partial charge in [-0.1, -0.05) is 29.3 Å². The van der Waals surface area contributed by atoms with E-state index in [2.05, 4.69) is 4.90 Å². The van der Waals surface area contributed by atoms with Gasteiger partial charge in [-0.2, -0.15) is 0 Å². The summed E-state index contributed by atoms with van der Waals surface area (Å²) in [6.07, 6.45) is 2.66. The van der Waals surface area contributed by atoms with Crippen LogP contribution in [-0.4, -0.2) is 78.4 Å². The summed E-state index contributed by atoms with van der Waals surface area (Å²) in [4.78, 5) is 31.1. The smallest absolute Gasteiger partial charge is 0.236 e. The lowest BCUT2D eigenvalue weighted by atomic mass is 10.1. The minimum Gasteiger partial charge on any atom is -0.338 e. The van der Waals surface area contributed by atoms with Crippen LogP contribution in [0.25, 0.3) is 0 Å². The van der Waals surface area contributed by atoms with E-state index < -0.39 is 0 Å². The van der Waals surface area contributed by atoms with Crippen molar-refractivity contribution in [2.75, 3.05) is 45.8 Å². The van der Waals surface area contributed by atoms with E-state index in [0.29, 0.717) is 29.7 Å². The number of amides is 2. The molecule has 1 aromatic carbocycles. The molecule has 1 aromatic rings. The first kappa shape index (κ1) is 20.4. The van der Waals surface area contributed by atoms with Crippen molar-refractivity contribution in [3.63, 3.8) is 0 Å². The van der Waals surface area contributed by atoms with Gasteiger partial charge in [0.05, 0.1) is 29.1 Å². The first-order chi connectivity index (χ1) is 13.0. The number of piperazine rings is 1. The second-order valence-electron chi connectivity index (χ2n) is 7.22. The molecule has 2 saturated heterocycles. The van der Waals surface area contributed by atoms with Crippen LogP contribution >= 0.6 is 23.2 Å². The molecule has 0 aliphatic carbocycles. The minimum absolute atomic E-state index is 0.00759. The Bertz CT molecular complexity index is 694. The van der Waals surface area contributed by atoms with E-state index in [4.69, 9.17) is 28.9 Å². The number of benzene rings is 1. The van der Waals surface area contributed by atoms with Gasteiger partial charge >= 0.3 is 0 Å². The highest BCUT2D eigenvalue weighted by Gasteiger charge is 2.33. The Morgan fingerprint density at radius 2 is 1.78 bits per heavy atom. The predicted octanol–water partition coefficient (Wildman–Crippen LogP) is 1.63. The van der Waals surface area contributed by atoms with Crippen LogP contribution in [0.2, 0.25) is 10.0 Å². The van der Waals surface area contributed by atoms with E-state index in [9.17, 15) is 9.59 Å². The lowest BCUT2D eigenvalue weighted by Gasteiger charge is -2.43. The molecule has 0 saturated carbocycles. The maximum atomic E-state index is 13.0. The second-order valence-corrected chi connectivity index (χ2v) is 8.03. The Hall–Kier alpha value is -1.34. The topological polar surface area (TPSA) is 69.9 Å². The molecule has 2 fully saturated rings. The van der Waals surface area contributed by atoms with E-state index in [1.807, 2.05) is 11.0 Å². The first-order valence-corrected chi connectivity index (χ1v) is 10.2. The van der Waals surface area contributed by atoms with E-state index in [-0.39, 0.29) is 30.8 Å². The molecule has 0 unspecified atom stereocenters. The summed E-state index contributed by atoms with van der Waals surface area (Å²) in [7, 11) is 0. The Labute approximate surface area is 170 Å². The molecule has 0 bridgehead atoms. The Kier molecular flexibility index (Phi) is 6.98. The molecule has 3 rings (SSSR count). The monoisotopic (exact) mass is 412 g/mol. The lowest BCUT2D eigenvalue weighted by Crippen LogP contribution is -2.60. The average Bonchev–Trinajstić information content (AvgIpc) is 3.17. The van der Waals surface area contributed by atoms with Gasteiger partial charge in [0.1, 0.15) is 0 Å². The number of halogens is 2. The second kappa shape index (κ2) is 9.24. The van der Waals surface area contributed by atoms with Crippen molar-refractivity contribution in [2.45, 2.75) is 25.3 Å². The fourth-order valence-corrected chi connectivity index (χ4v) is 4.21. The molecule has 8 heteroatoms. The zero-order chi connectivity index (χ0) is 19.4. The molecular weight excluding hydrogens is 387 g/mol. The van der Waals surface area contributed by atoms with Gasteiger partial charge in [0, 0.05) is 26.2 Å². The van der Waals surface area contributed by atoms with Crippen molar-refractivity contribution in [3.8, 4) is 0 Å². The third-order valence-corrected chi connectivity index (χ3v) is 6.08. The van der Waals surface area contributed by atoms with Gasteiger partial charge in [-0.3, -0.25) is 9.59 Å². The fraction of sp³-hybridized carbons (Fsp3) is 0.579. The van der Waals surface area contributed by atoms with E-state index in [0.717, 1.165) is 25.2 Å². The number of nitrogens with two attached hydrogens (primary N) is 1. The van der Waals surface area contributed by atoms with Crippen LogP contribution in [0.15, 0.2) is 18.2 Å². The van der Waals surface area contributed by atoms with Crippen molar-refractivity contribution in [2.24, 2.45) is 5.73 Å². The van der Waals surface area contributed by atoms with E-state index in [1.165, 1.54) is 12.8 Å². The normalized spacial score (nSPS) is 20.9. The molecule has 2 amide bonds. The summed E-state index contributed by atoms with van der Waals surface area (Å²) in [5, 5.41) is 0.933. The molecule has 0 radical (unpaired) electrons. The summed E-state index contributed by atoms with van der Waals surface area (Å²) >= 11 is 12.0. The fourth-order valence-electron chi connectivity index (χ4n) is 3.88. The van der Waals surface area contributed by atoms with Gasteiger partial charge in [0.25, 0.3) is 0 Å². The largest absolute Gasteiger partial charge is 0.338 e. The van der Waals surface area contributed by atoms with E-state index in [1.54, 1.807) is 17.0 Å². The molecule has 148 valence electrons. The molecule has 2 heterocycles. The van der Waals surface area contributed by atoms with Crippen molar-refractivity contribution in [1.29, 1.82) is 0 Å². The van der Waals surface area contributed by atoms with Crippen molar-refractivity contribution in [3.05, 3.63) is 33.8 Å². The molecule has 1 atom stereocenters. The number of likely N-dealkylation sites (tertiary alicyclic amines) is 1. The highest BCUT2D eigenvalue weighted by Crippen LogP contribution is 2.24. The number of carbonyl (C=O) groups excluding carboxylic acids is 2. The Morgan fingerprint density at radius 1 is 1.04 bits per heavy atom. The molecular formula is C19H26Cl2N4O2. The summed E-state index contributed by atoms with van der Waals surface area (Å²) < 4.78 is 0. The SMILES string of the molecule is NCC(=O)N1CCN(C(=O)Cc2ccc(Cl)c(Cl)c2)[C@H](CN2CCCC2)C1. The van der Waals surface area contributed by atoms with Gasteiger partial charge in [0.15, 0.2) is 0 Å². The van der Waals surface area contributed by atoms with Crippen LogP contribution in [0.4, 0.5) is 0 Å². The van der Waals surface area contributed by atoms with E-state index >= 15 is 0 Å². The first-order valence-electron chi connectivity index (χ1n) is 9.41. The molecule has 2 aliphatic heterocycles. The maximum absolute atomic E-state index is 13.0. The van der Waals surface area contributed by atoms with Crippen LogP contribution in [-0.2, 0) is 16.0 Å². The molecule has 6 nitrogen and oxygen atoms in total. The zero-order valence-corrected chi connectivity index (χ0v) is 16.9. The Morgan fingerprint density at radius 3 is 2.44 bits per heavy atom. The third kappa shape index (κ3) is 5.13. The minimum atomic E-state index is -0.0574. The summed E-state index contributed by atoms with van der Waals surface area (Å²) in [5.74, 6) is -0.00422. The van der Waals surface area contributed by atoms with Crippen LogP contribution in [0.1, 0.15) is 18.4 Å². The molecule has 0 aromatic heterocycles. The van der Waals surface area contributed by atoms with Gasteiger partial charge in [-0.05, 0) is 43.6 Å². The highest BCUT2D eigenvalue weighted by molar-refractivity contribution is 6.42. The van der Waals surface area contributed by atoms with Crippen LogP contribution in [0.3, 0.4) is 0 Å². The number of rotatable bonds is 5. The quantitative estimate of drug-likeness (QED) is 0.797. The Balaban J connectivity index is 1.70. The van der Waals surface area contributed by atoms with Crippen molar-refractivity contribution < 1.29 is 9.59 Å². The average molecular weight is 413 g/mol. The van der Waals surface area contributed by atoms with Crippen molar-refractivity contribution in [1.82, 2.24) is 14.7 Å². The predicted molar refractivity (Wildman–Crippen MR) is 107 cm³/mol. The summed E-state index contributed by atoms with van der Waals surface area (Å²) in [6.45, 7) is 4.51. The molecule has 27 heavy (non-hydrogen) atoms. The summed E-state index contributed by atoms with van der Waals surface area (Å²) in [5.41, 5.74) is 6.37.